The van der Waals surface area contributed by atoms with Gasteiger partial charge >= 0.3 is 0 Å². The third-order valence-electron chi connectivity index (χ3n) is 5.16. The first-order chi connectivity index (χ1) is 15.0. The number of benzene rings is 2. The summed E-state index contributed by atoms with van der Waals surface area (Å²) in [4.78, 5) is 14.7. The average molecular weight is 458 g/mol. The molecule has 162 valence electrons. The SMILES string of the molecule is Cn1c(SCC(=O)N2CCN(S(=O)(=O)c3ccccc3)CC2)nnc1-c1ccccc1. The summed E-state index contributed by atoms with van der Waals surface area (Å²) in [5.41, 5.74) is 0.964. The van der Waals surface area contributed by atoms with Gasteiger partial charge in [-0.1, -0.05) is 60.3 Å². The normalized spacial score (nSPS) is 15.2. The predicted molar refractivity (Wildman–Crippen MR) is 119 cm³/mol. The molecule has 0 radical (unpaired) electrons. The topological polar surface area (TPSA) is 88.4 Å². The van der Waals surface area contributed by atoms with E-state index < -0.39 is 10.0 Å². The van der Waals surface area contributed by atoms with E-state index in [1.807, 2.05) is 41.9 Å². The van der Waals surface area contributed by atoms with Crippen molar-refractivity contribution in [1.82, 2.24) is 24.0 Å². The number of amides is 1. The van der Waals surface area contributed by atoms with Crippen molar-refractivity contribution in [2.24, 2.45) is 7.05 Å². The van der Waals surface area contributed by atoms with Crippen LogP contribution in [0, 0.1) is 0 Å². The smallest absolute Gasteiger partial charge is 0.243 e. The molecule has 0 saturated carbocycles. The Morgan fingerprint density at radius 3 is 2.19 bits per heavy atom. The second-order valence-electron chi connectivity index (χ2n) is 7.12. The lowest BCUT2D eigenvalue weighted by molar-refractivity contribution is -0.129. The molecule has 1 aromatic heterocycles. The molecular formula is C21H23N5O3S2. The summed E-state index contributed by atoms with van der Waals surface area (Å²) in [5, 5.41) is 9.11. The fourth-order valence-corrected chi connectivity index (χ4v) is 5.67. The molecule has 1 fully saturated rings. The summed E-state index contributed by atoms with van der Waals surface area (Å²) in [6.07, 6.45) is 0. The van der Waals surface area contributed by atoms with Gasteiger partial charge in [0.25, 0.3) is 0 Å². The average Bonchev–Trinajstić information content (AvgIpc) is 3.19. The number of piperazine rings is 1. The largest absolute Gasteiger partial charge is 0.339 e. The molecule has 0 atom stereocenters. The van der Waals surface area contributed by atoms with E-state index in [0.717, 1.165) is 11.4 Å². The summed E-state index contributed by atoms with van der Waals surface area (Å²) in [5.74, 6) is 0.938. The van der Waals surface area contributed by atoms with Gasteiger partial charge in [0.2, 0.25) is 15.9 Å². The number of hydrogen-bond acceptors (Lipinski definition) is 6. The van der Waals surface area contributed by atoms with E-state index in [4.69, 9.17) is 0 Å². The molecule has 8 nitrogen and oxygen atoms in total. The van der Waals surface area contributed by atoms with Crippen LogP contribution in [-0.4, -0.2) is 70.2 Å². The highest BCUT2D eigenvalue weighted by atomic mass is 32.2. The maximum atomic E-state index is 12.7. The van der Waals surface area contributed by atoms with E-state index in [2.05, 4.69) is 10.2 Å². The minimum atomic E-state index is -3.53. The fraction of sp³-hybridized carbons (Fsp3) is 0.286. The van der Waals surface area contributed by atoms with E-state index in [1.54, 1.807) is 35.2 Å². The number of rotatable bonds is 6. The first-order valence-corrected chi connectivity index (χ1v) is 12.3. The minimum Gasteiger partial charge on any atom is -0.339 e. The Kier molecular flexibility index (Phi) is 6.40. The number of carbonyl (C=O) groups excluding carboxylic acids is 1. The quantitative estimate of drug-likeness (QED) is 0.527. The number of carbonyl (C=O) groups is 1. The Bertz CT molecular complexity index is 1140. The van der Waals surface area contributed by atoms with Crippen molar-refractivity contribution in [1.29, 1.82) is 0 Å². The van der Waals surface area contributed by atoms with E-state index in [1.165, 1.54) is 16.1 Å². The molecule has 0 aliphatic carbocycles. The highest BCUT2D eigenvalue weighted by Crippen LogP contribution is 2.23. The van der Waals surface area contributed by atoms with Crippen molar-refractivity contribution in [3.8, 4) is 11.4 Å². The van der Waals surface area contributed by atoms with Crippen LogP contribution in [0.15, 0.2) is 70.7 Å². The molecule has 2 aromatic carbocycles. The van der Waals surface area contributed by atoms with Crippen LogP contribution in [0.5, 0.6) is 0 Å². The summed E-state index contributed by atoms with van der Waals surface area (Å²) in [7, 11) is -1.65. The molecule has 1 saturated heterocycles. The van der Waals surface area contributed by atoms with Crippen LogP contribution in [0.2, 0.25) is 0 Å². The molecule has 1 aliphatic rings. The molecule has 10 heteroatoms. The van der Waals surface area contributed by atoms with Gasteiger partial charge < -0.3 is 9.47 Å². The molecule has 4 rings (SSSR count). The fourth-order valence-electron chi connectivity index (χ4n) is 3.42. The number of sulfonamides is 1. The first-order valence-electron chi connectivity index (χ1n) is 9.87. The Morgan fingerprint density at radius 1 is 0.935 bits per heavy atom. The third-order valence-corrected chi connectivity index (χ3v) is 8.08. The van der Waals surface area contributed by atoms with Crippen LogP contribution < -0.4 is 0 Å². The molecule has 0 bridgehead atoms. The Labute approximate surface area is 185 Å². The number of hydrogen-bond donors (Lipinski definition) is 0. The number of thioether (sulfide) groups is 1. The first kappa shape index (κ1) is 21.5. The van der Waals surface area contributed by atoms with Crippen LogP contribution in [0.25, 0.3) is 11.4 Å². The second-order valence-corrected chi connectivity index (χ2v) is 10.00. The zero-order chi connectivity index (χ0) is 21.8. The van der Waals surface area contributed by atoms with Gasteiger partial charge in [-0.3, -0.25) is 4.79 Å². The van der Waals surface area contributed by atoms with E-state index in [-0.39, 0.29) is 29.6 Å². The van der Waals surface area contributed by atoms with Gasteiger partial charge in [0.15, 0.2) is 11.0 Å². The molecule has 0 unspecified atom stereocenters. The van der Waals surface area contributed by atoms with Gasteiger partial charge in [0.05, 0.1) is 10.6 Å². The Hall–Kier alpha value is -2.69. The molecule has 0 N–H and O–H groups in total. The molecular weight excluding hydrogens is 434 g/mol. The monoisotopic (exact) mass is 457 g/mol. The summed E-state index contributed by atoms with van der Waals surface area (Å²) in [6, 6.07) is 18.1. The van der Waals surface area contributed by atoms with Gasteiger partial charge in [0.1, 0.15) is 0 Å². The number of aromatic nitrogens is 3. The van der Waals surface area contributed by atoms with Crippen LogP contribution in [0.3, 0.4) is 0 Å². The molecule has 1 amide bonds. The second kappa shape index (κ2) is 9.21. The molecule has 31 heavy (non-hydrogen) atoms. The number of nitrogens with zero attached hydrogens (tertiary/aromatic N) is 5. The zero-order valence-corrected chi connectivity index (χ0v) is 18.7. The van der Waals surface area contributed by atoms with Gasteiger partial charge in [0, 0.05) is 38.8 Å². The molecule has 0 spiro atoms. The summed E-state index contributed by atoms with van der Waals surface area (Å²) >= 11 is 1.33. The maximum absolute atomic E-state index is 12.7. The van der Waals surface area contributed by atoms with E-state index in [0.29, 0.717) is 18.2 Å². The van der Waals surface area contributed by atoms with Crippen molar-refractivity contribution < 1.29 is 13.2 Å². The van der Waals surface area contributed by atoms with Crippen molar-refractivity contribution in [2.45, 2.75) is 10.1 Å². The summed E-state index contributed by atoms with van der Waals surface area (Å²) in [6.45, 7) is 1.32. The lowest BCUT2D eigenvalue weighted by Gasteiger charge is -2.34. The highest BCUT2D eigenvalue weighted by Gasteiger charge is 2.30. The maximum Gasteiger partial charge on any atom is 0.243 e. The van der Waals surface area contributed by atoms with Gasteiger partial charge in [-0.15, -0.1) is 10.2 Å². The van der Waals surface area contributed by atoms with Crippen LogP contribution in [-0.2, 0) is 21.9 Å². The Morgan fingerprint density at radius 2 is 1.55 bits per heavy atom. The predicted octanol–water partition coefficient (Wildman–Crippen LogP) is 2.11. The van der Waals surface area contributed by atoms with Gasteiger partial charge in [-0.2, -0.15) is 4.31 Å². The Balaban J connectivity index is 1.33. The van der Waals surface area contributed by atoms with Crippen LogP contribution in [0.4, 0.5) is 0 Å². The van der Waals surface area contributed by atoms with E-state index in [9.17, 15) is 13.2 Å². The van der Waals surface area contributed by atoms with Gasteiger partial charge in [-0.05, 0) is 12.1 Å². The van der Waals surface area contributed by atoms with Crippen LogP contribution >= 0.6 is 11.8 Å². The molecule has 2 heterocycles. The third kappa shape index (κ3) is 4.65. The van der Waals surface area contributed by atoms with Crippen LogP contribution in [0.1, 0.15) is 0 Å². The van der Waals surface area contributed by atoms with Crippen molar-refractivity contribution in [3.05, 3.63) is 60.7 Å². The zero-order valence-electron chi connectivity index (χ0n) is 17.1. The van der Waals surface area contributed by atoms with Gasteiger partial charge in [-0.25, -0.2) is 8.42 Å². The lowest BCUT2D eigenvalue weighted by Crippen LogP contribution is -2.50. The van der Waals surface area contributed by atoms with Crippen molar-refractivity contribution in [3.63, 3.8) is 0 Å². The highest BCUT2D eigenvalue weighted by molar-refractivity contribution is 7.99. The lowest BCUT2D eigenvalue weighted by atomic mass is 10.2. The van der Waals surface area contributed by atoms with Crippen molar-refractivity contribution >= 4 is 27.7 Å². The standard InChI is InChI=1S/C21H23N5O3S2/c1-24-20(17-8-4-2-5-9-17)22-23-21(24)30-16-19(27)25-12-14-26(15-13-25)31(28,29)18-10-6-3-7-11-18/h2-11H,12-16H2,1H3. The molecule has 1 aliphatic heterocycles. The molecule has 3 aromatic rings. The van der Waals surface area contributed by atoms with E-state index >= 15 is 0 Å². The summed E-state index contributed by atoms with van der Waals surface area (Å²) < 4.78 is 28.8. The minimum absolute atomic E-state index is 0.0361. The van der Waals surface area contributed by atoms with Crippen molar-refractivity contribution in [2.75, 3.05) is 31.9 Å².